The third kappa shape index (κ3) is 2.65. The van der Waals surface area contributed by atoms with E-state index in [1.165, 1.54) is 0 Å². The topological polar surface area (TPSA) is 82.7 Å². The van der Waals surface area contributed by atoms with E-state index in [1.807, 2.05) is 12.1 Å². The predicted octanol–water partition coefficient (Wildman–Crippen LogP) is 4.67. The Balaban J connectivity index is 2.31. The molecule has 0 atom stereocenters. The molecule has 0 aliphatic carbocycles. The van der Waals surface area contributed by atoms with Crippen LogP contribution in [0.3, 0.4) is 0 Å². The second kappa shape index (κ2) is 6.40. The summed E-state index contributed by atoms with van der Waals surface area (Å²) in [5, 5.41) is 10.1. The maximum Gasteiger partial charge on any atom is 0.209 e. The number of nitrogen functional groups attached to an aromatic ring is 1. The number of hydrogen-bond donors (Lipinski definition) is 2. The minimum absolute atomic E-state index is 0.0998. The molecule has 3 aromatic rings. The minimum Gasteiger partial charge on any atom is -0.384 e. The van der Waals surface area contributed by atoms with Crippen LogP contribution in [0, 0.1) is 11.3 Å². The number of ketones is 1. The lowest BCUT2D eigenvalue weighted by atomic mass is 9.97. The Kier molecular flexibility index (Phi) is 4.30. The van der Waals surface area contributed by atoms with Crippen molar-refractivity contribution < 1.29 is 4.79 Å². The molecule has 0 aliphatic heterocycles. The van der Waals surface area contributed by atoms with Gasteiger partial charge < -0.3 is 10.7 Å². The van der Waals surface area contributed by atoms with Crippen molar-refractivity contribution >= 4 is 34.8 Å². The fourth-order valence-electron chi connectivity index (χ4n) is 2.53. The average molecular weight is 356 g/mol. The highest BCUT2D eigenvalue weighted by Gasteiger charge is 2.26. The van der Waals surface area contributed by atoms with Crippen molar-refractivity contribution in [1.82, 2.24) is 4.98 Å². The second-order valence-corrected chi connectivity index (χ2v) is 5.88. The maximum atomic E-state index is 12.9. The van der Waals surface area contributed by atoms with Crippen molar-refractivity contribution in [3.8, 4) is 17.2 Å². The van der Waals surface area contributed by atoms with E-state index >= 15 is 0 Å². The normalized spacial score (nSPS) is 10.4. The van der Waals surface area contributed by atoms with Gasteiger partial charge in [-0.3, -0.25) is 4.79 Å². The fraction of sp³-hybridized carbons (Fsp3) is 0. The molecular weight excluding hydrogens is 345 g/mol. The van der Waals surface area contributed by atoms with Crippen molar-refractivity contribution in [2.24, 2.45) is 0 Å². The Morgan fingerprint density at radius 2 is 1.62 bits per heavy atom. The third-order valence-electron chi connectivity index (χ3n) is 3.62. The molecule has 1 aromatic heterocycles. The van der Waals surface area contributed by atoms with Crippen molar-refractivity contribution in [2.45, 2.75) is 0 Å². The van der Waals surface area contributed by atoms with Gasteiger partial charge in [0, 0.05) is 16.7 Å². The summed E-state index contributed by atoms with van der Waals surface area (Å²) in [6, 6.07) is 15.7. The molecule has 0 saturated heterocycles. The van der Waals surface area contributed by atoms with E-state index in [2.05, 4.69) is 4.98 Å². The molecule has 0 aliphatic rings. The van der Waals surface area contributed by atoms with Crippen LogP contribution in [0.15, 0.2) is 48.5 Å². The molecule has 4 nitrogen and oxygen atoms in total. The number of nitrogens with two attached hydrogens (primary N) is 1. The summed E-state index contributed by atoms with van der Waals surface area (Å²) in [6.45, 7) is 0. The number of carbonyl (C=O) groups is 1. The number of nitriles is 1. The first-order valence-corrected chi connectivity index (χ1v) is 7.76. The second-order valence-electron chi connectivity index (χ2n) is 5.07. The van der Waals surface area contributed by atoms with E-state index in [9.17, 15) is 10.1 Å². The minimum atomic E-state index is -0.296. The number of anilines is 1. The van der Waals surface area contributed by atoms with Gasteiger partial charge in [-0.1, -0.05) is 59.6 Å². The third-order valence-corrected chi connectivity index (χ3v) is 4.25. The maximum absolute atomic E-state index is 12.9. The van der Waals surface area contributed by atoms with E-state index in [4.69, 9.17) is 28.9 Å². The van der Waals surface area contributed by atoms with Crippen LogP contribution in [0.2, 0.25) is 10.0 Å². The largest absolute Gasteiger partial charge is 0.384 e. The lowest BCUT2D eigenvalue weighted by Gasteiger charge is -2.09. The molecule has 3 rings (SSSR count). The number of nitrogens with zero attached hydrogens (tertiary/aromatic N) is 1. The van der Waals surface area contributed by atoms with Crippen LogP contribution in [0.1, 0.15) is 21.6 Å². The van der Waals surface area contributed by atoms with Crippen LogP contribution < -0.4 is 5.73 Å². The highest BCUT2D eigenvalue weighted by atomic mass is 35.5. The number of hydrogen-bond acceptors (Lipinski definition) is 3. The van der Waals surface area contributed by atoms with Gasteiger partial charge in [0.05, 0.1) is 15.7 Å². The number of halogens is 2. The first-order chi connectivity index (χ1) is 11.5. The van der Waals surface area contributed by atoms with Gasteiger partial charge in [-0.05, 0) is 12.1 Å². The molecule has 0 fully saturated rings. The Morgan fingerprint density at radius 1 is 1.00 bits per heavy atom. The number of aromatic nitrogens is 1. The highest BCUT2D eigenvalue weighted by Crippen LogP contribution is 2.40. The Morgan fingerprint density at radius 3 is 2.21 bits per heavy atom. The van der Waals surface area contributed by atoms with Gasteiger partial charge in [0.1, 0.15) is 17.5 Å². The molecule has 118 valence electrons. The number of H-pyrrole nitrogens is 1. The quantitative estimate of drug-likeness (QED) is 0.669. The summed E-state index contributed by atoms with van der Waals surface area (Å²) >= 11 is 12.5. The number of rotatable bonds is 3. The molecule has 3 N–H and O–H groups in total. The SMILES string of the molecule is N#Cc1c(N)[nH]c(C(=O)c2ccccc2)c1-c1c(Cl)cccc1Cl. The molecule has 0 saturated carbocycles. The van der Waals surface area contributed by atoms with Crippen molar-refractivity contribution in [2.75, 3.05) is 5.73 Å². The highest BCUT2D eigenvalue weighted by molar-refractivity contribution is 6.39. The number of aromatic amines is 1. The average Bonchev–Trinajstić information content (AvgIpc) is 2.91. The summed E-state index contributed by atoms with van der Waals surface area (Å²) in [5.74, 6) is -0.197. The van der Waals surface area contributed by atoms with E-state index in [-0.39, 0.29) is 22.9 Å². The smallest absolute Gasteiger partial charge is 0.209 e. The van der Waals surface area contributed by atoms with Crippen molar-refractivity contribution in [3.05, 3.63) is 75.4 Å². The van der Waals surface area contributed by atoms with Crippen LogP contribution in [0.4, 0.5) is 5.82 Å². The number of benzene rings is 2. The molecule has 0 unspecified atom stereocenters. The lowest BCUT2D eigenvalue weighted by molar-refractivity contribution is 0.103. The van der Waals surface area contributed by atoms with E-state index in [0.29, 0.717) is 26.7 Å². The summed E-state index contributed by atoms with van der Waals surface area (Å²) in [6.07, 6.45) is 0. The van der Waals surface area contributed by atoms with Gasteiger partial charge in [-0.15, -0.1) is 0 Å². The molecular formula is C18H11Cl2N3O. The summed E-state index contributed by atoms with van der Waals surface area (Å²) in [4.78, 5) is 15.7. The zero-order valence-electron chi connectivity index (χ0n) is 12.3. The molecule has 0 radical (unpaired) electrons. The van der Waals surface area contributed by atoms with Gasteiger partial charge in [-0.25, -0.2) is 0 Å². The van der Waals surface area contributed by atoms with Crippen LogP contribution in [-0.2, 0) is 0 Å². The van der Waals surface area contributed by atoms with Crippen molar-refractivity contribution in [3.63, 3.8) is 0 Å². The van der Waals surface area contributed by atoms with Crippen LogP contribution in [0.5, 0.6) is 0 Å². The molecule has 0 bridgehead atoms. The molecule has 0 amide bonds. The first kappa shape index (κ1) is 16.1. The molecule has 6 heteroatoms. The van der Waals surface area contributed by atoms with Crippen LogP contribution in [0.25, 0.3) is 11.1 Å². The van der Waals surface area contributed by atoms with Crippen molar-refractivity contribution in [1.29, 1.82) is 5.26 Å². The van der Waals surface area contributed by atoms with E-state index in [0.717, 1.165) is 0 Å². The van der Waals surface area contributed by atoms with E-state index in [1.54, 1.807) is 42.5 Å². The predicted molar refractivity (Wildman–Crippen MR) is 95.3 cm³/mol. The molecule has 24 heavy (non-hydrogen) atoms. The fourth-order valence-corrected chi connectivity index (χ4v) is 3.11. The standard InChI is InChI=1S/C18H11Cl2N3O/c19-12-7-4-8-13(20)15(12)14-11(9-21)18(22)23-16(14)17(24)10-5-2-1-3-6-10/h1-8,23H,22H2. The number of nitrogens with one attached hydrogen (secondary N) is 1. The zero-order valence-corrected chi connectivity index (χ0v) is 13.8. The summed E-state index contributed by atoms with van der Waals surface area (Å²) < 4.78 is 0. The van der Waals surface area contributed by atoms with E-state index < -0.39 is 0 Å². The Bertz CT molecular complexity index is 952. The van der Waals surface area contributed by atoms with Crippen LogP contribution >= 0.6 is 23.2 Å². The molecule has 0 spiro atoms. The first-order valence-electron chi connectivity index (χ1n) is 7.00. The summed E-state index contributed by atoms with van der Waals surface area (Å²) in [7, 11) is 0. The van der Waals surface area contributed by atoms with Crippen LogP contribution in [-0.4, -0.2) is 10.8 Å². The molecule has 1 heterocycles. The monoisotopic (exact) mass is 355 g/mol. The lowest BCUT2D eigenvalue weighted by Crippen LogP contribution is -2.04. The zero-order chi connectivity index (χ0) is 17.3. The molecule has 2 aromatic carbocycles. The van der Waals surface area contributed by atoms with Gasteiger partial charge in [0.15, 0.2) is 0 Å². The van der Waals surface area contributed by atoms with Gasteiger partial charge in [0.25, 0.3) is 0 Å². The number of carbonyl (C=O) groups excluding carboxylic acids is 1. The Hall–Kier alpha value is -2.74. The van der Waals surface area contributed by atoms with Gasteiger partial charge >= 0.3 is 0 Å². The van der Waals surface area contributed by atoms with Gasteiger partial charge in [0.2, 0.25) is 5.78 Å². The Labute approximate surface area is 148 Å². The van der Waals surface area contributed by atoms with Gasteiger partial charge in [-0.2, -0.15) is 5.26 Å². The summed E-state index contributed by atoms with van der Waals surface area (Å²) in [5.41, 5.74) is 7.41.